The van der Waals surface area contributed by atoms with E-state index in [0.717, 1.165) is 18.1 Å². The predicted molar refractivity (Wildman–Crippen MR) is 62.7 cm³/mol. The summed E-state index contributed by atoms with van der Waals surface area (Å²) in [6.07, 6.45) is 3.30. The third-order valence-electron chi connectivity index (χ3n) is 2.04. The molecule has 0 saturated carbocycles. The summed E-state index contributed by atoms with van der Waals surface area (Å²) in [7, 11) is 0. The number of hydrogen-bond acceptors (Lipinski definition) is 6. The van der Waals surface area contributed by atoms with Gasteiger partial charge in [-0.2, -0.15) is 10.5 Å². The van der Waals surface area contributed by atoms with Gasteiger partial charge in [0.05, 0.1) is 43.3 Å². The minimum absolute atomic E-state index is 0.213. The van der Waals surface area contributed by atoms with Crippen LogP contribution in [0.15, 0.2) is 12.4 Å². The molecular formula is C11H14N6. The Hall–Kier alpha value is -2.18. The van der Waals surface area contributed by atoms with E-state index in [1.54, 1.807) is 17.3 Å². The molecule has 1 N–H and O–H groups in total. The number of rotatable bonds is 6. The summed E-state index contributed by atoms with van der Waals surface area (Å²) >= 11 is 0. The first-order chi connectivity index (χ1) is 8.30. The van der Waals surface area contributed by atoms with Crippen LogP contribution in [0.4, 0.5) is 5.82 Å². The molecule has 6 nitrogen and oxygen atoms in total. The SMILES string of the molecule is CCNc1cnc(CN(CC#N)CC#N)cn1. The number of aromatic nitrogens is 2. The zero-order chi connectivity index (χ0) is 12.5. The van der Waals surface area contributed by atoms with Crippen molar-refractivity contribution in [3.63, 3.8) is 0 Å². The largest absolute Gasteiger partial charge is 0.369 e. The Morgan fingerprint density at radius 3 is 2.41 bits per heavy atom. The summed E-state index contributed by atoms with van der Waals surface area (Å²) in [6.45, 7) is 3.66. The van der Waals surface area contributed by atoms with Crippen molar-refractivity contribution in [1.82, 2.24) is 14.9 Å². The van der Waals surface area contributed by atoms with Crippen LogP contribution in [-0.4, -0.2) is 34.5 Å². The number of nitrogens with zero attached hydrogens (tertiary/aromatic N) is 5. The molecule has 88 valence electrons. The van der Waals surface area contributed by atoms with E-state index in [1.165, 1.54) is 0 Å². The zero-order valence-corrected chi connectivity index (χ0v) is 9.72. The minimum Gasteiger partial charge on any atom is -0.369 e. The van der Waals surface area contributed by atoms with Crippen LogP contribution < -0.4 is 5.32 Å². The van der Waals surface area contributed by atoms with Crippen molar-refractivity contribution in [2.24, 2.45) is 0 Å². The fourth-order valence-electron chi connectivity index (χ4n) is 1.31. The van der Waals surface area contributed by atoms with Gasteiger partial charge in [0.25, 0.3) is 0 Å². The molecule has 0 fully saturated rings. The summed E-state index contributed by atoms with van der Waals surface area (Å²) in [5, 5.41) is 20.3. The summed E-state index contributed by atoms with van der Waals surface area (Å²) in [4.78, 5) is 10.1. The Morgan fingerprint density at radius 1 is 1.24 bits per heavy atom. The lowest BCUT2D eigenvalue weighted by Gasteiger charge is -2.14. The third-order valence-corrected chi connectivity index (χ3v) is 2.04. The van der Waals surface area contributed by atoms with E-state index in [9.17, 15) is 0 Å². The van der Waals surface area contributed by atoms with Crippen LogP contribution in [0, 0.1) is 22.7 Å². The molecule has 17 heavy (non-hydrogen) atoms. The van der Waals surface area contributed by atoms with Gasteiger partial charge in [0.2, 0.25) is 0 Å². The maximum atomic E-state index is 8.61. The first-order valence-electron chi connectivity index (χ1n) is 5.31. The molecule has 0 amide bonds. The van der Waals surface area contributed by atoms with Crippen LogP contribution in [0.5, 0.6) is 0 Å². The van der Waals surface area contributed by atoms with Crippen molar-refractivity contribution in [2.45, 2.75) is 13.5 Å². The monoisotopic (exact) mass is 230 g/mol. The minimum atomic E-state index is 0.213. The Labute approximate surface area is 101 Å². The first-order valence-corrected chi connectivity index (χ1v) is 5.31. The Morgan fingerprint density at radius 2 is 1.94 bits per heavy atom. The van der Waals surface area contributed by atoms with Crippen molar-refractivity contribution >= 4 is 5.82 Å². The summed E-state index contributed by atoms with van der Waals surface area (Å²) in [5.41, 5.74) is 0.747. The fourth-order valence-corrected chi connectivity index (χ4v) is 1.31. The molecule has 0 bridgehead atoms. The second-order valence-corrected chi connectivity index (χ2v) is 3.38. The molecule has 0 radical (unpaired) electrons. The molecule has 1 heterocycles. The normalized spacial score (nSPS) is 9.65. The van der Waals surface area contributed by atoms with Crippen LogP contribution >= 0.6 is 0 Å². The maximum Gasteiger partial charge on any atom is 0.144 e. The van der Waals surface area contributed by atoms with E-state index in [1.807, 2.05) is 19.1 Å². The van der Waals surface area contributed by atoms with Gasteiger partial charge in [0.1, 0.15) is 5.82 Å². The van der Waals surface area contributed by atoms with Gasteiger partial charge in [-0.1, -0.05) is 0 Å². The van der Waals surface area contributed by atoms with Crippen molar-refractivity contribution in [3.05, 3.63) is 18.1 Å². The van der Waals surface area contributed by atoms with Gasteiger partial charge in [0.15, 0.2) is 0 Å². The van der Waals surface area contributed by atoms with Crippen LogP contribution in [0.1, 0.15) is 12.6 Å². The Balaban J connectivity index is 2.61. The van der Waals surface area contributed by atoms with E-state index < -0.39 is 0 Å². The molecule has 0 aromatic carbocycles. The quantitative estimate of drug-likeness (QED) is 0.726. The molecule has 0 aliphatic carbocycles. The van der Waals surface area contributed by atoms with Gasteiger partial charge in [0, 0.05) is 13.1 Å². The molecule has 1 aromatic heterocycles. The smallest absolute Gasteiger partial charge is 0.144 e. The van der Waals surface area contributed by atoms with Crippen LogP contribution in [-0.2, 0) is 6.54 Å². The second kappa shape index (κ2) is 7.15. The summed E-state index contributed by atoms with van der Waals surface area (Å²) < 4.78 is 0. The van der Waals surface area contributed by atoms with Gasteiger partial charge in [-0.15, -0.1) is 0 Å². The lowest BCUT2D eigenvalue weighted by molar-refractivity contribution is 0.330. The Bertz CT molecular complexity index is 397. The predicted octanol–water partition coefficient (Wildman–Crippen LogP) is 0.758. The van der Waals surface area contributed by atoms with Crippen LogP contribution in [0.2, 0.25) is 0 Å². The number of anilines is 1. The fraction of sp³-hybridized carbons (Fsp3) is 0.455. The van der Waals surface area contributed by atoms with Gasteiger partial charge in [-0.05, 0) is 6.92 Å². The maximum absolute atomic E-state index is 8.61. The van der Waals surface area contributed by atoms with Crippen LogP contribution in [0.25, 0.3) is 0 Å². The van der Waals surface area contributed by atoms with E-state index >= 15 is 0 Å². The van der Waals surface area contributed by atoms with Crippen molar-refractivity contribution in [1.29, 1.82) is 10.5 Å². The van der Waals surface area contributed by atoms with E-state index in [0.29, 0.717) is 6.54 Å². The van der Waals surface area contributed by atoms with Crippen LogP contribution in [0.3, 0.4) is 0 Å². The molecule has 0 spiro atoms. The molecule has 0 aliphatic rings. The summed E-state index contributed by atoms with van der Waals surface area (Å²) in [6, 6.07) is 4.04. The van der Waals surface area contributed by atoms with Gasteiger partial charge in [-0.25, -0.2) is 4.98 Å². The Kier molecular flexibility index (Phi) is 5.42. The van der Waals surface area contributed by atoms with Gasteiger partial charge < -0.3 is 5.32 Å². The molecule has 0 saturated heterocycles. The first kappa shape index (κ1) is 12.9. The lowest BCUT2D eigenvalue weighted by atomic mass is 10.4. The third kappa shape index (κ3) is 4.45. The highest BCUT2D eigenvalue weighted by Crippen LogP contribution is 2.03. The molecule has 0 atom stereocenters. The highest BCUT2D eigenvalue weighted by atomic mass is 15.1. The number of nitriles is 2. The molecule has 1 aromatic rings. The van der Waals surface area contributed by atoms with E-state index in [2.05, 4.69) is 15.3 Å². The number of hydrogen-bond donors (Lipinski definition) is 1. The van der Waals surface area contributed by atoms with Crippen molar-refractivity contribution in [3.8, 4) is 12.1 Å². The second-order valence-electron chi connectivity index (χ2n) is 3.38. The summed E-state index contributed by atoms with van der Waals surface area (Å²) in [5.74, 6) is 0.725. The average molecular weight is 230 g/mol. The lowest BCUT2D eigenvalue weighted by Crippen LogP contribution is -2.24. The molecule has 0 unspecified atom stereocenters. The van der Waals surface area contributed by atoms with E-state index in [4.69, 9.17) is 10.5 Å². The standard InChI is InChI=1S/C11H14N6/c1-2-14-11-8-15-10(7-16-11)9-17(5-3-12)6-4-13/h7-8H,2,5-6,9H2,1H3,(H,14,16). The molecular weight excluding hydrogens is 216 g/mol. The molecule has 6 heteroatoms. The topological polar surface area (TPSA) is 88.6 Å². The van der Waals surface area contributed by atoms with Gasteiger partial charge >= 0.3 is 0 Å². The molecule has 1 rings (SSSR count). The molecule has 0 aliphatic heterocycles. The van der Waals surface area contributed by atoms with E-state index in [-0.39, 0.29) is 13.1 Å². The highest BCUT2D eigenvalue weighted by molar-refractivity contribution is 5.30. The number of nitrogens with one attached hydrogen (secondary N) is 1. The van der Waals surface area contributed by atoms with Gasteiger partial charge in [-0.3, -0.25) is 9.88 Å². The van der Waals surface area contributed by atoms with Crippen molar-refractivity contribution < 1.29 is 0 Å². The highest BCUT2D eigenvalue weighted by Gasteiger charge is 2.06. The average Bonchev–Trinajstić information content (AvgIpc) is 2.33. The zero-order valence-electron chi connectivity index (χ0n) is 9.72. The van der Waals surface area contributed by atoms with Crippen molar-refractivity contribution in [2.75, 3.05) is 25.0 Å².